The lowest BCUT2D eigenvalue weighted by Crippen LogP contribution is -2.16. The van der Waals surface area contributed by atoms with Crippen molar-refractivity contribution in [2.75, 3.05) is 18.2 Å². The molecule has 0 bridgehead atoms. The van der Waals surface area contributed by atoms with Crippen molar-refractivity contribution < 1.29 is 17.9 Å². The molecule has 4 rings (SSSR count). The van der Waals surface area contributed by atoms with Crippen molar-refractivity contribution in [3.63, 3.8) is 0 Å². The highest BCUT2D eigenvalue weighted by molar-refractivity contribution is 7.91. The fraction of sp³-hybridized carbons (Fsp3) is 0.292. The van der Waals surface area contributed by atoms with Crippen molar-refractivity contribution in [3.05, 3.63) is 59.3 Å². The smallest absolute Gasteiger partial charge is 0.225 e. The van der Waals surface area contributed by atoms with Crippen molar-refractivity contribution in [2.24, 2.45) is 0 Å². The summed E-state index contributed by atoms with van der Waals surface area (Å²) in [5.74, 6) is 0.693. The highest BCUT2D eigenvalue weighted by Crippen LogP contribution is 2.30. The summed E-state index contributed by atoms with van der Waals surface area (Å²) < 4.78 is 32.9. The highest BCUT2D eigenvalue weighted by Gasteiger charge is 2.18. The number of sulfone groups is 1. The van der Waals surface area contributed by atoms with Crippen molar-refractivity contribution in [3.8, 4) is 10.9 Å². The minimum absolute atomic E-state index is 0.0672. The second kappa shape index (κ2) is 9.55. The molecule has 0 saturated carbocycles. The maximum atomic E-state index is 12.6. The number of thiazole rings is 1. The van der Waals surface area contributed by atoms with Crippen molar-refractivity contribution in [1.29, 1.82) is 0 Å². The van der Waals surface area contributed by atoms with Crippen molar-refractivity contribution in [1.82, 2.24) is 14.8 Å². The monoisotopic (exact) mass is 498 g/mol. The first-order valence-electron chi connectivity index (χ1n) is 10.8. The number of amides is 1. The summed E-state index contributed by atoms with van der Waals surface area (Å²) in [6, 6.07) is 12.2. The zero-order chi connectivity index (χ0) is 24.5. The molecule has 0 radical (unpaired) electrons. The SMILES string of the molecule is COc1ccc(S(=O)(=O)CCCC(=O)Nc2cc(C)nn2-c2nc3c(C)cc(C)cc3s2)cc1. The van der Waals surface area contributed by atoms with Gasteiger partial charge in [-0.2, -0.15) is 9.78 Å². The van der Waals surface area contributed by atoms with Gasteiger partial charge >= 0.3 is 0 Å². The van der Waals surface area contributed by atoms with Crippen LogP contribution < -0.4 is 10.1 Å². The van der Waals surface area contributed by atoms with Crippen LogP contribution in [0.5, 0.6) is 5.75 Å². The van der Waals surface area contributed by atoms with Crippen LogP contribution in [0.3, 0.4) is 0 Å². The number of benzene rings is 2. The van der Waals surface area contributed by atoms with E-state index in [-0.39, 0.29) is 29.4 Å². The Kier molecular flexibility index (Phi) is 6.72. The molecule has 178 valence electrons. The fourth-order valence-electron chi connectivity index (χ4n) is 3.71. The molecular weight excluding hydrogens is 472 g/mol. The summed E-state index contributed by atoms with van der Waals surface area (Å²) in [4.78, 5) is 17.5. The molecule has 0 spiro atoms. The van der Waals surface area contributed by atoms with Gasteiger partial charge in [-0.3, -0.25) is 4.79 Å². The van der Waals surface area contributed by atoms with Gasteiger partial charge in [0, 0.05) is 12.5 Å². The number of nitrogens with zero attached hydrogens (tertiary/aromatic N) is 3. The Bertz CT molecular complexity index is 1450. The van der Waals surface area contributed by atoms with Crippen LogP contribution in [0.25, 0.3) is 15.3 Å². The number of ether oxygens (including phenoxy) is 1. The van der Waals surface area contributed by atoms with Crippen LogP contribution in [0.1, 0.15) is 29.7 Å². The highest BCUT2D eigenvalue weighted by atomic mass is 32.2. The Balaban J connectivity index is 1.44. The first-order chi connectivity index (χ1) is 16.2. The standard InChI is InChI=1S/C24H26N4O4S2/c1-15-12-16(2)23-20(13-15)33-24(26-23)28-21(14-17(3)27-28)25-22(29)6-5-11-34(30,31)19-9-7-18(32-4)8-10-19/h7-10,12-14H,5-6,11H2,1-4H3,(H,25,29). The van der Waals surface area contributed by atoms with E-state index >= 15 is 0 Å². The molecule has 0 aliphatic carbocycles. The number of methoxy groups -OCH3 is 1. The van der Waals surface area contributed by atoms with E-state index in [2.05, 4.69) is 22.5 Å². The minimum Gasteiger partial charge on any atom is -0.497 e. The number of fused-ring (bicyclic) bond motifs is 1. The molecule has 1 N–H and O–H groups in total. The van der Waals surface area contributed by atoms with Gasteiger partial charge in [0.05, 0.1) is 33.7 Å². The average Bonchev–Trinajstić information content (AvgIpc) is 3.36. The number of rotatable bonds is 8. The lowest BCUT2D eigenvalue weighted by atomic mass is 10.1. The number of hydrogen-bond donors (Lipinski definition) is 1. The number of anilines is 1. The first kappa shape index (κ1) is 23.9. The fourth-order valence-corrected chi connectivity index (χ4v) is 6.13. The molecule has 2 aromatic carbocycles. The molecular formula is C24H26N4O4S2. The third-order valence-electron chi connectivity index (χ3n) is 5.33. The Morgan fingerprint density at radius 3 is 2.56 bits per heavy atom. The Morgan fingerprint density at radius 2 is 1.85 bits per heavy atom. The molecule has 0 aliphatic heterocycles. The Labute approximate surface area is 202 Å². The van der Waals surface area contributed by atoms with E-state index in [1.807, 2.05) is 20.8 Å². The molecule has 2 heterocycles. The summed E-state index contributed by atoms with van der Waals surface area (Å²) in [5.41, 5.74) is 3.91. The van der Waals surface area contributed by atoms with E-state index < -0.39 is 9.84 Å². The summed E-state index contributed by atoms with van der Waals surface area (Å²) in [6.45, 7) is 5.91. The topological polar surface area (TPSA) is 103 Å². The molecule has 8 nitrogen and oxygen atoms in total. The van der Waals surface area contributed by atoms with Gasteiger partial charge in [0.15, 0.2) is 9.84 Å². The molecule has 2 aromatic heterocycles. The zero-order valence-corrected chi connectivity index (χ0v) is 21.1. The molecule has 10 heteroatoms. The third-order valence-corrected chi connectivity index (χ3v) is 8.13. The third kappa shape index (κ3) is 5.13. The molecule has 1 amide bonds. The van der Waals surface area contributed by atoms with Crippen LogP contribution in [0.15, 0.2) is 47.4 Å². The van der Waals surface area contributed by atoms with Crippen LogP contribution in [-0.2, 0) is 14.6 Å². The maximum Gasteiger partial charge on any atom is 0.225 e. The van der Waals surface area contributed by atoms with Crippen LogP contribution in [0.2, 0.25) is 0 Å². The number of carbonyl (C=O) groups excluding carboxylic acids is 1. The van der Waals surface area contributed by atoms with E-state index in [9.17, 15) is 13.2 Å². The number of carbonyl (C=O) groups is 1. The second-order valence-corrected chi connectivity index (χ2v) is 11.3. The number of hydrogen-bond acceptors (Lipinski definition) is 7. The van der Waals surface area contributed by atoms with Gasteiger partial charge in [-0.15, -0.1) is 0 Å². The number of aromatic nitrogens is 3. The summed E-state index contributed by atoms with van der Waals surface area (Å²) >= 11 is 1.50. The lowest BCUT2D eigenvalue weighted by Gasteiger charge is -2.08. The van der Waals surface area contributed by atoms with E-state index in [1.54, 1.807) is 22.9 Å². The first-order valence-corrected chi connectivity index (χ1v) is 13.2. The van der Waals surface area contributed by atoms with Gasteiger partial charge < -0.3 is 10.1 Å². The molecule has 0 unspecified atom stereocenters. The largest absolute Gasteiger partial charge is 0.497 e. The van der Waals surface area contributed by atoms with E-state index in [0.717, 1.165) is 27.0 Å². The van der Waals surface area contributed by atoms with Gasteiger partial charge in [0.25, 0.3) is 0 Å². The molecule has 0 fully saturated rings. The number of aryl methyl sites for hydroxylation is 3. The van der Waals surface area contributed by atoms with Gasteiger partial charge in [0.1, 0.15) is 11.6 Å². The van der Waals surface area contributed by atoms with Gasteiger partial charge in [-0.25, -0.2) is 13.4 Å². The van der Waals surface area contributed by atoms with Crippen LogP contribution in [0.4, 0.5) is 5.82 Å². The molecule has 0 atom stereocenters. The zero-order valence-electron chi connectivity index (χ0n) is 19.5. The molecule has 4 aromatic rings. The van der Waals surface area contributed by atoms with Crippen LogP contribution in [-0.4, -0.2) is 42.0 Å². The van der Waals surface area contributed by atoms with E-state index in [0.29, 0.717) is 16.7 Å². The molecule has 0 aliphatic rings. The predicted octanol–water partition coefficient (Wildman–Crippen LogP) is 4.61. The van der Waals surface area contributed by atoms with E-state index in [1.165, 1.54) is 30.6 Å². The van der Waals surface area contributed by atoms with E-state index in [4.69, 9.17) is 9.72 Å². The molecule has 0 saturated heterocycles. The molecule has 34 heavy (non-hydrogen) atoms. The van der Waals surface area contributed by atoms with Crippen molar-refractivity contribution >= 4 is 43.1 Å². The quantitative estimate of drug-likeness (QED) is 0.381. The van der Waals surface area contributed by atoms with Gasteiger partial charge in [0.2, 0.25) is 11.0 Å². The maximum absolute atomic E-state index is 12.6. The number of nitrogens with one attached hydrogen (secondary N) is 1. The van der Waals surface area contributed by atoms with Gasteiger partial charge in [-0.1, -0.05) is 17.4 Å². The summed E-state index contributed by atoms with van der Waals surface area (Å²) in [6.07, 6.45) is 0.269. The predicted molar refractivity (Wildman–Crippen MR) is 134 cm³/mol. The second-order valence-electron chi connectivity index (χ2n) is 8.15. The minimum atomic E-state index is -3.48. The Hall–Kier alpha value is -3.24. The van der Waals surface area contributed by atoms with Crippen molar-refractivity contribution in [2.45, 2.75) is 38.5 Å². The van der Waals surface area contributed by atoms with Gasteiger partial charge in [-0.05, 0) is 68.7 Å². The lowest BCUT2D eigenvalue weighted by molar-refractivity contribution is -0.116. The Morgan fingerprint density at radius 1 is 1.12 bits per heavy atom. The summed E-state index contributed by atoms with van der Waals surface area (Å²) in [5, 5.41) is 8.02. The normalized spacial score (nSPS) is 11.6. The van der Waals surface area contributed by atoms with Crippen LogP contribution >= 0.6 is 11.3 Å². The summed E-state index contributed by atoms with van der Waals surface area (Å²) in [7, 11) is -1.96. The van der Waals surface area contributed by atoms with Crippen LogP contribution in [0, 0.1) is 20.8 Å². The average molecular weight is 499 g/mol.